The summed E-state index contributed by atoms with van der Waals surface area (Å²) in [6, 6.07) is 19.3. The van der Waals surface area contributed by atoms with E-state index in [0.29, 0.717) is 29.9 Å². The molecule has 0 atom stereocenters. The van der Waals surface area contributed by atoms with Gasteiger partial charge >= 0.3 is 0 Å². The van der Waals surface area contributed by atoms with Crippen LogP contribution in [-0.4, -0.2) is 52.8 Å². The van der Waals surface area contributed by atoms with E-state index < -0.39 is 0 Å². The van der Waals surface area contributed by atoms with Gasteiger partial charge in [-0.2, -0.15) is 0 Å². The SMILES string of the molecule is Cc1cccc(C(=O)N2CCCN(Cc3ccccc3)CC2)c1NC(=O)c1ccncc1. The van der Waals surface area contributed by atoms with Gasteiger partial charge in [-0.15, -0.1) is 0 Å². The Morgan fingerprint density at radius 1 is 0.906 bits per heavy atom. The summed E-state index contributed by atoms with van der Waals surface area (Å²) >= 11 is 0. The number of rotatable bonds is 5. The third-order valence-corrected chi connectivity index (χ3v) is 5.81. The topological polar surface area (TPSA) is 65.5 Å². The molecule has 6 nitrogen and oxygen atoms in total. The highest BCUT2D eigenvalue weighted by Crippen LogP contribution is 2.24. The Morgan fingerprint density at radius 3 is 2.47 bits per heavy atom. The van der Waals surface area contributed by atoms with Crippen LogP contribution < -0.4 is 5.32 Å². The Bertz CT molecular complexity index is 1070. The van der Waals surface area contributed by atoms with E-state index in [1.807, 2.05) is 30.0 Å². The zero-order chi connectivity index (χ0) is 22.3. The normalized spacial score (nSPS) is 14.6. The predicted octanol–water partition coefficient (Wildman–Crippen LogP) is 3.99. The molecule has 0 saturated carbocycles. The highest BCUT2D eigenvalue weighted by molar-refractivity contribution is 6.09. The van der Waals surface area contributed by atoms with Crippen molar-refractivity contribution < 1.29 is 9.59 Å². The maximum Gasteiger partial charge on any atom is 0.256 e. The molecule has 32 heavy (non-hydrogen) atoms. The largest absolute Gasteiger partial charge is 0.337 e. The number of aromatic nitrogens is 1. The van der Waals surface area contributed by atoms with Gasteiger partial charge in [0, 0.05) is 50.7 Å². The van der Waals surface area contributed by atoms with E-state index >= 15 is 0 Å². The van der Waals surface area contributed by atoms with Gasteiger partial charge in [0.15, 0.2) is 0 Å². The minimum Gasteiger partial charge on any atom is -0.337 e. The van der Waals surface area contributed by atoms with E-state index in [4.69, 9.17) is 0 Å². The molecule has 1 N–H and O–H groups in total. The summed E-state index contributed by atoms with van der Waals surface area (Å²) in [6.45, 7) is 5.94. The predicted molar refractivity (Wildman–Crippen MR) is 126 cm³/mol. The van der Waals surface area contributed by atoms with Crippen molar-refractivity contribution >= 4 is 17.5 Å². The van der Waals surface area contributed by atoms with Gasteiger partial charge in [-0.25, -0.2) is 0 Å². The molecule has 1 saturated heterocycles. The van der Waals surface area contributed by atoms with Gasteiger partial charge < -0.3 is 10.2 Å². The molecule has 4 rings (SSSR count). The van der Waals surface area contributed by atoms with E-state index in [0.717, 1.165) is 31.6 Å². The summed E-state index contributed by atoms with van der Waals surface area (Å²) in [4.78, 5) is 34.4. The van der Waals surface area contributed by atoms with Crippen LogP contribution in [0.3, 0.4) is 0 Å². The quantitative estimate of drug-likeness (QED) is 0.667. The fraction of sp³-hybridized carbons (Fsp3) is 0.269. The minimum atomic E-state index is -0.249. The molecule has 1 fully saturated rings. The first kappa shape index (κ1) is 21.7. The molecular formula is C26H28N4O2. The maximum absolute atomic E-state index is 13.5. The summed E-state index contributed by atoms with van der Waals surface area (Å²) < 4.78 is 0. The van der Waals surface area contributed by atoms with Crippen LogP contribution >= 0.6 is 0 Å². The standard InChI is InChI=1S/C26H28N4O2/c1-20-7-5-10-23(24(20)28-25(31)22-11-13-27-14-12-22)26(32)30-16-6-15-29(17-18-30)19-21-8-3-2-4-9-21/h2-5,7-14H,6,15-19H2,1H3,(H,28,31). The third kappa shape index (κ3) is 5.21. The smallest absolute Gasteiger partial charge is 0.256 e. The van der Waals surface area contributed by atoms with Crippen molar-refractivity contribution in [2.45, 2.75) is 19.9 Å². The molecule has 2 aromatic carbocycles. The fourth-order valence-electron chi connectivity index (χ4n) is 4.04. The molecule has 164 valence electrons. The molecule has 2 amide bonds. The Labute approximate surface area is 188 Å². The van der Waals surface area contributed by atoms with Crippen molar-refractivity contribution in [2.75, 3.05) is 31.5 Å². The highest BCUT2D eigenvalue weighted by Gasteiger charge is 2.24. The second-order valence-electron chi connectivity index (χ2n) is 8.09. The lowest BCUT2D eigenvalue weighted by atomic mass is 10.1. The minimum absolute atomic E-state index is 0.0414. The van der Waals surface area contributed by atoms with Crippen LogP contribution in [0.25, 0.3) is 0 Å². The van der Waals surface area contributed by atoms with Crippen LogP contribution in [0.4, 0.5) is 5.69 Å². The molecule has 1 aromatic heterocycles. The molecule has 2 heterocycles. The van der Waals surface area contributed by atoms with Gasteiger partial charge in [0.1, 0.15) is 0 Å². The number of para-hydroxylation sites is 1. The van der Waals surface area contributed by atoms with Crippen molar-refractivity contribution in [3.63, 3.8) is 0 Å². The molecule has 1 aliphatic heterocycles. The Balaban J connectivity index is 1.47. The van der Waals surface area contributed by atoms with E-state index in [1.165, 1.54) is 5.56 Å². The zero-order valence-corrected chi connectivity index (χ0v) is 18.3. The van der Waals surface area contributed by atoms with E-state index in [1.54, 1.807) is 30.6 Å². The summed E-state index contributed by atoms with van der Waals surface area (Å²) in [5, 5.41) is 2.95. The number of hydrogen-bond donors (Lipinski definition) is 1. The van der Waals surface area contributed by atoms with Crippen molar-refractivity contribution in [3.8, 4) is 0 Å². The number of nitrogens with zero attached hydrogens (tertiary/aromatic N) is 3. The van der Waals surface area contributed by atoms with Crippen molar-refractivity contribution in [1.82, 2.24) is 14.8 Å². The molecule has 3 aromatic rings. The van der Waals surface area contributed by atoms with Gasteiger partial charge in [0.25, 0.3) is 11.8 Å². The molecule has 6 heteroatoms. The number of carbonyl (C=O) groups excluding carboxylic acids is 2. The average molecular weight is 429 g/mol. The second-order valence-corrected chi connectivity index (χ2v) is 8.09. The van der Waals surface area contributed by atoms with Crippen LogP contribution in [0, 0.1) is 6.92 Å². The molecular weight excluding hydrogens is 400 g/mol. The summed E-state index contributed by atoms with van der Waals surface area (Å²) in [7, 11) is 0. The summed E-state index contributed by atoms with van der Waals surface area (Å²) in [5.74, 6) is -0.291. The van der Waals surface area contributed by atoms with E-state index in [-0.39, 0.29) is 11.8 Å². The zero-order valence-electron chi connectivity index (χ0n) is 18.3. The lowest BCUT2D eigenvalue weighted by Crippen LogP contribution is -2.35. The number of amides is 2. The second kappa shape index (κ2) is 10.2. The third-order valence-electron chi connectivity index (χ3n) is 5.81. The summed E-state index contributed by atoms with van der Waals surface area (Å²) in [6.07, 6.45) is 4.08. The van der Waals surface area contributed by atoms with Crippen molar-refractivity contribution in [2.24, 2.45) is 0 Å². The first-order valence-electron chi connectivity index (χ1n) is 11.0. The lowest BCUT2D eigenvalue weighted by molar-refractivity contribution is 0.0762. The van der Waals surface area contributed by atoms with Crippen LogP contribution in [0.15, 0.2) is 73.1 Å². The van der Waals surface area contributed by atoms with Crippen molar-refractivity contribution in [1.29, 1.82) is 0 Å². The number of aryl methyl sites for hydroxylation is 1. The Hall–Kier alpha value is -3.51. The fourth-order valence-corrected chi connectivity index (χ4v) is 4.04. The Kier molecular flexibility index (Phi) is 6.92. The molecule has 1 aliphatic rings. The summed E-state index contributed by atoms with van der Waals surface area (Å²) in [5.41, 5.74) is 3.76. The first-order valence-corrected chi connectivity index (χ1v) is 11.0. The van der Waals surface area contributed by atoms with E-state index in [2.05, 4.69) is 39.5 Å². The van der Waals surface area contributed by atoms with Gasteiger partial charge in [0.2, 0.25) is 0 Å². The molecule has 0 radical (unpaired) electrons. The van der Waals surface area contributed by atoms with Crippen molar-refractivity contribution in [3.05, 3.63) is 95.3 Å². The van der Waals surface area contributed by atoms with Gasteiger partial charge in [-0.1, -0.05) is 42.5 Å². The van der Waals surface area contributed by atoms with Crippen LogP contribution in [-0.2, 0) is 6.54 Å². The number of nitrogens with one attached hydrogen (secondary N) is 1. The van der Waals surface area contributed by atoms with Gasteiger partial charge in [-0.05, 0) is 42.7 Å². The average Bonchev–Trinajstić information content (AvgIpc) is 3.06. The Morgan fingerprint density at radius 2 is 1.69 bits per heavy atom. The van der Waals surface area contributed by atoms with Gasteiger partial charge in [-0.3, -0.25) is 19.5 Å². The number of benzene rings is 2. The van der Waals surface area contributed by atoms with Crippen LogP contribution in [0.1, 0.15) is 38.3 Å². The lowest BCUT2D eigenvalue weighted by Gasteiger charge is -2.23. The maximum atomic E-state index is 13.5. The number of pyridine rings is 1. The molecule has 0 unspecified atom stereocenters. The molecule has 0 bridgehead atoms. The monoisotopic (exact) mass is 428 g/mol. The van der Waals surface area contributed by atoms with Crippen LogP contribution in [0.5, 0.6) is 0 Å². The van der Waals surface area contributed by atoms with E-state index in [9.17, 15) is 9.59 Å². The molecule has 0 spiro atoms. The number of hydrogen-bond acceptors (Lipinski definition) is 4. The highest BCUT2D eigenvalue weighted by atomic mass is 16.2. The number of anilines is 1. The van der Waals surface area contributed by atoms with Gasteiger partial charge in [0.05, 0.1) is 11.3 Å². The van der Waals surface area contributed by atoms with Crippen LogP contribution in [0.2, 0.25) is 0 Å². The first-order chi connectivity index (χ1) is 15.6. The number of carbonyl (C=O) groups is 2. The molecule has 0 aliphatic carbocycles.